The summed E-state index contributed by atoms with van der Waals surface area (Å²) in [6.45, 7) is 3.10. The summed E-state index contributed by atoms with van der Waals surface area (Å²) in [7, 11) is 0. The van der Waals surface area contributed by atoms with Crippen LogP contribution in [-0.2, 0) is 14.4 Å². The molecular weight excluding hydrogens is 745 g/mol. The number of aromatic amines is 1. The fraction of sp³-hybridized carbons (Fsp3) is 0.442. The fourth-order valence-corrected chi connectivity index (χ4v) is 8.92. The summed E-state index contributed by atoms with van der Waals surface area (Å²) in [5, 5.41) is 12.1. The summed E-state index contributed by atoms with van der Waals surface area (Å²) < 4.78 is 30.2. The van der Waals surface area contributed by atoms with Crippen molar-refractivity contribution in [3.8, 4) is 22.4 Å². The molecule has 2 aromatic carbocycles. The molecule has 2 aliphatic carbocycles. The number of hydrogen-bond acceptors (Lipinski definition) is 10. The highest BCUT2D eigenvalue weighted by atomic mass is 19.1. The van der Waals surface area contributed by atoms with Crippen LogP contribution in [0.3, 0.4) is 0 Å². The first kappa shape index (κ1) is 39.1. The van der Waals surface area contributed by atoms with Gasteiger partial charge in [-0.25, -0.2) is 18.7 Å². The van der Waals surface area contributed by atoms with E-state index in [-0.39, 0.29) is 59.2 Å². The van der Waals surface area contributed by atoms with Gasteiger partial charge in [0.2, 0.25) is 23.7 Å². The zero-order chi connectivity index (χ0) is 40.2. The molecule has 2 saturated heterocycles. The predicted octanol–water partition coefficient (Wildman–Crippen LogP) is 5.21. The topological polar surface area (TPSA) is 164 Å². The van der Waals surface area contributed by atoms with E-state index >= 15 is 4.39 Å². The van der Waals surface area contributed by atoms with Crippen LogP contribution in [0.2, 0.25) is 0 Å². The molecule has 58 heavy (non-hydrogen) atoms. The van der Waals surface area contributed by atoms with Crippen molar-refractivity contribution in [3.05, 3.63) is 89.0 Å². The number of piperidine rings is 1. The lowest BCUT2D eigenvalue weighted by Gasteiger charge is -2.43. The second-order valence-electron chi connectivity index (χ2n) is 15.9. The van der Waals surface area contributed by atoms with Crippen LogP contribution < -0.4 is 31.7 Å². The summed E-state index contributed by atoms with van der Waals surface area (Å²) in [6, 6.07) is 15.6. The molecule has 15 heteroatoms. The number of halogens is 2. The van der Waals surface area contributed by atoms with Crippen LogP contribution in [0.1, 0.15) is 64.2 Å². The van der Waals surface area contributed by atoms with Gasteiger partial charge in [-0.3, -0.25) is 29.4 Å². The Bertz CT molecular complexity index is 2190. The van der Waals surface area contributed by atoms with Crippen molar-refractivity contribution in [1.29, 1.82) is 0 Å². The van der Waals surface area contributed by atoms with Gasteiger partial charge in [0.15, 0.2) is 5.82 Å². The first-order chi connectivity index (χ1) is 28.2. The molecule has 0 radical (unpaired) electrons. The number of piperazine rings is 1. The molecule has 13 nitrogen and oxygen atoms in total. The molecule has 0 spiro atoms. The number of nitrogens with one attached hydrogen (secondary N) is 5. The molecule has 8 rings (SSSR count). The summed E-state index contributed by atoms with van der Waals surface area (Å²) in [5.74, 6) is -1.18. The van der Waals surface area contributed by atoms with Crippen molar-refractivity contribution < 1.29 is 23.2 Å². The minimum Gasteiger partial charge on any atom is -0.374 e. The zero-order valence-electron chi connectivity index (χ0n) is 32.3. The predicted molar refractivity (Wildman–Crippen MR) is 217 cm³/mol. The van der Waals surface area contributed by atoms with Crippen LogP contribution >= 0.6 is 0 Å². The number of benzene rings is 2. The Morgan fingerprint density at radius 2 is 1.53 bits per heavy atom. The maximum absolute atomic E-state index is 15.2. The lowest BCUT2D eigenvalue weighted by Crippen LogP contribution is -2.52. The van der Waals surface area contributed by atoms with Crippen molar-refractivity contribution in [2.24, 2.45) is 5.92 Å². The van der Waals surface area contributed by atoms with Gasteiger partial charge < -0.3 is 25.8 Å². The van der Waals surface area contributed by atoms with E-state index in [0.29, 0.717) is 59.6 Å². The highest BCUT2D eigenvalue weighted by Crippen LogP contribution is 2.31. The Hall–Kier alpha value is -5.70. The highest BCUT2D eigenvalue weighted by Gasteiger charge is 2.33. The first-order valence-corrected chi connectivity index (χ1v) is 20.4. The molecule has 3 amide bonds. The third-order valence-electron chi connectivity index (χ3n) is 12.2. The van der Waals surface area contributed by atoms with Gasteiger partial charge in [-0.15, -0.1) is 0 Å². The van der Waals surface area contributed by atoms with Crippen molar-refractivity contribution in [3.63, 3.8) is 0 Å². The number of amides is 3. The minimum atomic E-state index is -0.562. The highest BCUT2D eigenvalue weighted by molar-refractivity contribution is 6.01. The maximum Gasteiger partial charge on any atom is 0.255 e. The van der Waals surface area contributed by atoms with Crippen molar-refractivity contribution in [2.45, 2.75) is 88.4 Å². The first-order valence-electron chi connectivity index (χ1n) is 20.4. The molecule has 4 fully saturated rings. The second-order valence-corrected chi connectivity index (χ2v) is 15.9. The Labute approximate surface area is 335 Å². The standard InChI is InChI=1S/C43H49F2N9O4/c44-34-24-31(48-36-15-17-38(55)51-42(36)58)12-16-37(34)54-21-19-53(20-22-54)32-13-10-29(11-14-32)49-40(56)26-6-8-30(9-7-26)50-43-47-25-35(45)39(52-43)28-4-1-3-27(23-28)33-5-2-18-46-41(33)57/h1-5,12,16,18,23-26,29-30,32,36,48H,6-11,13-15,17,19-22H2,(H,46,57)(H,49,56)(H,47,50,52)(H,51,55,58)/t26-,29?,30-,32?,36-/m1/s1. The number of carbonyl (C=O) groups excluding carboxylic acids is 3. The largest absolute Gasteiger partial charge is 0.374 e. The lowest BCUT2D eigenvalue weighted by molar-refractivity contribution is -0.133. The molecule has 4 heterocycles. The van der Waals surface area contributed by atoms with E-state index in [9.17, 15) is 23.6 Å². The molecule has 2 aliphatic heterocycles. The van der Waals surface area contributed by atoms with Crippen molar-refractivity contribution in [1.82, 2.24) is 30.5 Å². The number of carbonyl (C=O) groups is 3. The van der Waals surface area contributed by atoms with E-state index in [1.54, 1.807) is 54.7 Å². The Balaban J connectivity index is 0.760. The normalized spacial score (nSPS) is 24.2. The van der Waals surface area contributed by atoms with E-state index in [4.69, 9.17) is 0 Å². The number of H-pyrrole nitrogens is 1. The zero-order valence-corrected chi connectivity index (χ0v) is 32.3. The smallest absolute Gasteiger partial charge is 0.255 e. The van der Waals surface area contributed by atoms with Gasteiger partial charge in [-0.05, 0) is 99.7 Å². The van der Waals surface area contributed by atoms with E-state index < -0.39 is 11.9 Å². The van der Waals surface area contributed by atoms with E-state index in [1.807, 2.05) is 0 Å². The third kappa shape index (κ3) is 9.04. The van der Waals surface area contributed by atoms with E-state index in [0.717, 1.165) is 70.7 Å². The minimum absolute atomic E-state index is 0.0555. The molecule has 1 atom stereocenters. The third-order valence-corrected chi connectivity index (χ3v) is 12.2. The van der Waals surface area contributed by atoms with Gasteiger partial charge in [0.05, 0.1) is 11.9 Å². The molecule has 0 unspecified atom stereocenters. The van der Waals surface area contributed by atoms with Crippen LogP contribution in [-0.4, -0.2) is 87.9 Å². The average Bonchev–Trinajstić information content (AvgIpc) is 3.23. The number of nitrogens with zero attached hydrogens (tertiary/aromatic N) is 4. The number of aromatic nitrogens is 3. The van der Waals surface area contributed by atoms with Gasteiger partial charge in [-0.2, -0.15) is 0 Å². The monoisotopic (exact) mass is 793 g/mol. The SMILES string of the molecule is O=C1CC[C@@H](Nc2ccc(N3CCN(C4CCC(NC(=O)[C@H]5CC[C@H](Nc6ncc(F)c(-c7cccc(-c8ccc[nH]c8=O)c7)n6)CC5)CC4)CC3)c(F)c2)C(=O)N1. The van der Waals surface area contributed by atoms with Crippen LogP contribution in [0.25, 0.3) is 22.4 Å². The van der Waals surface area contributed by atoms with Crippen LogP contribution in [0.4, 0.5) is 26.1 Å². The Morgan fingerprint density at radius 1 is 0.776 bits per heavy atom. The van der Waals surface area contributed by atoms with E-state index in [1.165, 1.54) is 6.07 Å². The average molecular weight is 794 g/mol. The molecule has 4 aromatic rings. The van der Waals surface area contributed by atoms with Gasteiger partial charge in [0, 0.05) is 79.7 Å². The van der Waals surface area contributed by atoms with Crippen LogP contribution in [0, 0.1) is 17.6 Å². The number of rotatable bonds is 10. The van der Waals surface area contributed by atoms with Crippen LogP contribution in [0.15, 0.2) is 71.8 Å². The second kappa shape index (κ2) is 17.4. The van der Waals surface area contributed by atoms with Gasteiger partial charge in [-0.1, -0.05) is 18.2 Å². The Kier molecular flexibility index (Phi) is 11.8. The molecule has 304 valence electrons. The quantitative estimate of drug-likeness (QED) is 0.135. The molecular formula is C43H49F2N9O4. The number of hydrogen-bond donors (Lipinski definition) is 5. The van der Waals surface area contributed by atoms with E-state index in [2.05, 4.69) is 46.0 Å². The molecule has 4 aliphatic rings. The summed E-state index contributed by atoms with van der Waals surface area (Å²) in [4.78, 5) is 65.2. The number of anilines is 3. The van der Waals surface area contributed by atoms with Crippen molar-refractivity contribution >= 4 is 35.0 Å². The van der Waals surface area contributed by atoms with Crippen LogP contribution in [0.5, 0.6) is 0 Å². The van der Waals surface area contributed by atoms with Gasteiger partial charge >= 0.3 is 0 Å². The maximum atomic E-state index is 15.2. The molecule has 2 saturated carbocycles. The lowest BCUT2D eigenvalue weighted by atomic mass is 9.84. The Morgan fingerprint density at radius 3 is 2.28 bits per heavy atom. The molecule has 2 aromatic heterocycles. The summed E-state index contributed by atoms with van der Waals surface area (Å²) >= 11 is 0. The number of pyridine rings is 1. The van der Waals surface area contributed by atoms with Gasteiger partial charge in [0.1, 0.15) is 17.6 Å². The van der Waals surface area contributed by atoms with Crippen molar-refractivity contribution in [2.75, 3.05) is 41.7 Å². The summed E-state index contributed by atoms with van der Waals surface area (Å²) in [5.41, 5.74) is 2.67. The molecule has 0 bridgehead atoms. The number of imide groups is 1. The van der Waals surface area contributed by atoms with Gasteiger partial charge in [0.25, 0.3) is 5.56 Å². The fourth-order valence-electron chi connectivity index (χ4n) is 8.92. The summed E-state index contributed by atoms with van der Waals surface area (Å²) in [6.07, 6.45) is 10.3. The molecule has 5 N–H and O–H groups in total.